The van der Waals surface area contributed by atoms with E-state index in [0.29, 0.717) is 0 Å². The lowest BCUT2D eigenvalue weighted by Gasteiger charge is -2.28. The van der Waals surface area contributed by atoms with Crippen molar-refractivity contribution in [2.75, 3.05) is 10.7 Å². The SMILES string of the molecule is CS(=O)(=O)N(NC(=O)[C@H](Cc1ccccc1)[C@H](C/C=C/c1ccccc1)C(=O)NO)c1ccccc1. The van der Waals surface area contributed by atoms with Crippen LogP contribution in [0.4, 0.5) is 5.69 Å². The third kappa shape index (κ3) is 7.53. The Morgan fingerprint density at radius 3 is 1.97 bits per heavy atom. The first-order valence-corrected chi connectivity index (χ1v) is 13.2. The van der Waals surface area contributed by atoms with E-state index in [2.05, 4.69) is 5.43 Å². The smallest absolute Gasteiger partial charge is 0.249 e. The number of hydroxylamine groups is 1. The Hall–Kier alpha value is -3.95. The van der Waals surface area contributed by atoms with E-state index in [4.69, 9.17) is 0 Å². The molecule has 9 heteroatoms. The van der Waals surface area contributed by atoms with Gasteiger partial charge in [-0.15, -0.1) is 0 Å². The number of hydrogen-bond donors (Lipinski definition) is 3. The summed E-state index contributed by atoms with van der Waals surface area (Å²) in [7, 11) is -3.89. The normalized spacial score (nSPS) is 13.1. The van der Waals surface area contributed by atoms with Gasteiger partial charge < -0.3 is 0 Å². The highest BCUT2D eigenvalue weighted by Gasteiger charge is 2.35. The molecule has 0 unspecified atom stereocenters. The molecule has 188 valence electrons. The number of anilines is 1. The van der Waals surface area contributed by atoms with Crippen LogP contribution in [0.1, 0.15) is 17.5 Å². The van der Waals surface area contributed by atoms with Crippen molar-refractivity contribution in [1.82, 2.24) is 10.9 Å². The van der Waals surface area contributed by atoms with Gasteiger partial charge in [0.25, 0.3) is 0 Å². The maximum Gasteiger partial charge on any atom is 0.249 e. The van der Waals surface area contributed by atoms with Crippen molar-refractivity contribution in [3.63, 3.8) is 0 Å². The van der Waals surface area contributed by atoms with Crippen LogP contribution in [0.3, 0.4) is 0 Å². The van der Waals surface area contributed by atoms with E-state index in [0.717, 1.165) is 21.8 Å². The topological polar surface area (TPSA) is 116 Å². The fraction of sp³-hybridized carbons (Fsp3) is 0.185. The Morgan fingerprint density at radius 2 is 1.42 bits per heavy atom. The summed E-state index contributed by atoms with van der Waals surface area (Å²) < 4.78 is 25.8. The molecule has 0 aliphatic rings. The zero-order chi connectivity index (χ0) is 26.0. The van der Waals surface area contributed by atoms with Gasteiger partial charge in [-0.2, -0.15) is 4.41 Å². The van der Waals surface area contributed by atoms with E-state index in [9.17, 15) is 23.2 Å². The summed E-state index contributed by atoms with van der Waals surface area (Å²) in [4.78, 5) is 26.3. The van der Waals surface area contributed by atoms with E-state index in [1.807, 2.05) is 66.7 Å². The third-order valence-electron chi connectivity index (χ3n) is 5.60. The predicted molar refractivity (Wildman–Crippen MR) is 139 cm³/mol. The van der Waals surface area contributed by atoms with Crippen molar-refractivity contribution in [3.05, 3.63) is 108 Å². The van der Waals surface area contributed by atoms with Gasteiger partial charge in [-0.1, -0.05) is 91.0 Å². The molecule has 0 bridgehead atoms. The van der Waals surface area contributed by atoms with Gasteiger partial charge in [0, 0.05) is 0 Å². The number of benzene rings is 3. The van der Waals surface area contributed by atoms with Crippen LogP contribution in [0.5, 0.6) is 0 Å². The van der Waals surface area contributed by atoms with Crippen LogP contribution in [0.25, 0.3) is 6.08 Å². The minimum absolute atomic E-state index is 0.135. The number of hydrazine groups is 1. The number of carbonyl (C=O) groups excluding carboxylic acids is 2. The van der Waals surface area contributed by atoms with Crippen LogP contribution in [0, 0.1) is 11.8 Å². The van der Waals surface area contributed by atoms with Crippen molar-refractivity contribution in [3.8, 4) is 0 Å². The molecule has 3 N–H and O–H groups in total. The first kappa shape index (κ1) is 26.7. The number of sulfonamides is 1. The Balaban J connectivity index is 1.94. The molecule has 3 rings (SSSR count). The van der Waals surface area contributed by atoms with E-state index < -0.39 is 33.7 Å². The zero-order valence-corrected chi connectivity index (χ0v) is 20.6. The molecule has 0 saturated carbocycles. The Bertz CT molecular complexity index is 1270. The summed E-state index contributed by atoms with van der Waals surface area (Å²) in [5, 5.41) is 9.45. The van der Waals surface area contributed by atoms with E-state index in [1.165, 1.54) is 0 Å². The lowest BCUT2D eigenvalue weighted by Crippen LogP contribution is -2.51. The Labute approximate surface area is 211 Å². The van der Waals surface area contributed by atoms with Gasteiger partial charge >= 0.3 is 0 Å². The minimum atomic E-state index is -3.89. The van der Waals surface area contributed by atoms with Crippen LogP contribution in [0.15, 0.2) is 97.1 Å². The average molecular weight is 508 g/mol. The Kier molecular flexibility index (Phi) is 9.38. The molecule has 0 radical (unpaired) electrons. The highest BCUT2D eigenvalue weighted by molar-refractivity contribution is 7.92. The molecule has 0 saturated heterocycles. The maximum atomic E-state index is 13.6. The monoisotopic (exact) mass is 507 g/mol. The molecule has 8 nitrogen and oxygen atoms in total. The summed E-state index contributed by atoms with van der Waals surface area (Å²) in [6.45, 7) is 0. The molecule has 0 heterocycles. The molecule has 36 heavy (non-hydrogen) atoms. The quantitative estimate of drug-likeness (QED) is 0.271. The summed E-state index contributed by atoms with van der Waals surface area (Å²) in [5.74, 6) is -3.38. The van der Waals surface area contributed by atoms with Gasteiger partial charge in [0.2, 0.25) is 21.8 Å². The second-order valence-electron chi connectivity index (χ2n) is 8.27. The van der Waals surface area contributed by atoms with Crippen LogP contribution >= 0.6 is 0 Å². The van der Waals surface area contributed by atoms with Gasteiger partial charge in [-0.25, -0.2) is 13.9 Å². The summed E-state index contributed by atoms with van der Waals surface area (Å²) >= 11 is 0. The lowest BCUT2D eigenvalue weighted by molar-refractivity contribution is -0.140. The Morgan fingerprint density at radius 1 is 0.861 bits per heavy atom. The van der Waals surface area contributed by atoms with E-state index in [1.54, 1.807) is 41.9 Å². The summed E-state index contributed by atoms with van der Waals surface area (Å²) in [6.07, 6.45) is 4.84. The van der Waals surface area contributed by atoms with Crippen molar-refractivity contribution in [2.45, 2.75) is 12.8 Å². The molecular formula is C27H29N3O5S. The highest BCUT2D eigenvalue weighted by Crippen LogP contribution is 2.24. The zero-order valence-electron chi connectivity index (χ0n) is 19.8. The number of amides is 2. The van der Waals surface area contributed by atoms with Crippen LogP contribution in [-0.4, -0.2) is 31.7 Å². The summed E-state index contributed by atoms with van der Waals surface area (Å²) in [6, 6.07) is 26.7. The maximum absolute atomic E-state index is 13.6. The average Bonchev–Trinajstić information content (AvgIpc) is 2.89. The highest BCUT2D eigenvalue weighted by atomic mass is 32.2. The molecular weight excluding hydrogens is 478 g/mol. The number of para-hydroxylation sites is 1. The number of rotatable bonds is 11. The fourth-order valence-electron chi connectivity index (χ4n) is 3.82. The van der Waals surface area contributed by atoms with Gasteiger partial charge in [-0.3, -0.25) is 20.2 Å². The molecule has 0 aliphatic carbocycles. The molecule has 3 aromatic rings. The second-order valence-corrected chi connectivity index (χ2v) is 10.1. The van der Waals surface area contributed by atoms with Crippen molar-refractivity contribution in [1.29, 1.82) is 0 Å². The minimum Gasteiger partial charge on any atom is -0.289 e. The van der Waals surface area contributed by atoms with Crippen molar-refractivity contribution >= 4 is 33.6 Å². The number of nitrogens with zero attached hydrogens (tertiary/aromatic N) is 1. The van der Waals surface area contributed by atoms with E-state index in [-0.39, 0.29) is 18.5 Å². The van der Waals surface area contributed by atoms with Crippen LogP contribution in [-0.2, 0) is 26.0 Å². The number of allylic oxidation sites excluding steroid dienone is 1. The number of hydrogen-bond acceptors (Lipinski definition) is 5. The molecule has 2 atom stereocenters. The standard InChI is InChI=1S/C27H29N3O5S/c1-36(34,35)30(23-17-9-4-10-18-23)28-26(31)25(20-22-14-7-3-8-15-22)24(27(32)29-33)19-11-16-21-12-5-2-6-13-21/h2-18,24-25,33H,19-20H2,1H3,(H,28,31)(H,29,32)/b16-11+/t24-,25+/m0/s1. The van der Waals surface area contributed by atoms with Gasteiger partial charge in [-0.05, 0) is 36.1 Å². The molecule has 0 fully saturated rings. The number of carbonyl (C=O) groups is 2. The van der Waals surface area contributed by atoms with Crippen LogP contribution < -0.4 is 15.3 Å². The molecule has 0 aliphatic heterocycles. The van der Waals surface area contributed by atoms with E-state index >= 15 is 0 Å². The van der Waals surface area contributed by atoms with Crippen molar-refractivity contribution in [2.24, 2.45) is 11.8 Å². The molecule has 0 aromatic heterocycles. The van der Waals surface area contributed by atoms with Crippen molar-refractivity contribution < 1.29 is 23.2 Å². The molecule has 3 aromatic carbocycles. The second kappa shape index (κ2) is 12.7. The van der Waals surface area contributed by atoms with Gasteiger partial charge in [0.05, 0.1) is 23.8 Å². The first-order chi connectivity index (χ1) is 17.3. The predicted octanol–water partition coefficient (Wildman–Crippen LogP) is 3.57. The summed E-state index contributed by atoms with van der Waals surface area (Å²) in [5.41, 5.74) is 6.09. The van der Waals surface area contributed by atoms with Crippen LogP contribution in [0.2, 0.25) is 0 Å². The third-order valence-corrected chi connectivity index (χ3v) is 6.57. The fourth-order valence-corrected chi connectivity index (χ4v) is 4.58. The number of nitrogens with one attached hydrogen (secondary N) is 2. The van der Waals surface area contributed by atoms with Gasteiger partial charge in [0.15, 0.2) is 0 Å². The first-order valence-electron chi connectivity index (χ1n) is 11.3. The molecule has 0 spiro atoms. The molecule has 2 amide bonds. The van der Waals surface area contributed by atoms with Gasteiger partial charge in [0.1, 0.15) is 0 Å². The lowest BCUT2D eigenvalue weighted by atomic mass is 9.83. The largest absolute Gasteiger partial charge is 0.289 e.